The quantitative estimate of drug-likeness (QED) is 0.773. The molecule has 0 radical (unpaired) electrons. The van der Waals surface area contributed by atoms with Crippen LogP contribution in [0.25, 0.3) is 10.9 Å². The van der Waals surface area contributed by atoms with Crippen molar-refractivity contribution in [2.24, 2.45) is 12.8 Å². The number of ether oxygens (including phenoxy) is 1. The molecule has 1 aromatic heterocycles. The van der Waals surface area contributed by atoms with Gasteiger partial charge in [0.05, 0.1) is 0 Å². The summed E-state index contributed by atoms with van der Waals surface area (Å²) >= 11 is 6.11. The van der Waals surface area contributed by atoms with E-state index in [1.165, 1.54) is 10.9 Å². The molecule has 0 spiro atoms. The highest BCUT2D eigenvalue weighted by Gasteiger charge is 2.11. The molecule has 2 aromatic carbocycles. The molecule has 0 aliphatic carbocycles. The molecule has 2 N–H and O–H groups in total. The summed E-state index contributed by atoms with van der Waals surface area (Å²) in [5.74, 6) is 1.62. The number of benzene rings is 2. The second-order valence-electron chi connectivity index (χ2n) is 5.44. The number of aromatic nitrogens is 1. The first-order valence-corrected chi connectivity index (χ1v) is 7.69. The highest BCUT2D eigenvalue weighted by molar-refractivity contribution is 6.30. The van der Waals surface area contributed by atoms with Gasteiger partial charge in [0.2, 0.25) is 0 Å². The fraction of sp³-hybridized carbons (Fsp3) is 0.222. The van der Waals surface area contributed by atoms with Gasteiger partial charge in [-0.2, -0.15) is 0 Å². The van der Waals surface area contributed by atoms with Crippen LogP contribution in [0, 0.1) is 6.92 Å². The van der Waals surface area contributed by atoms with Gasteiger partial charge in [-0.05, 0) is 55.8 Å². The molecule has 4 heteroatoms. The molecule has 0 saturated heterocycles. The fourth-order valence-corrected chi connectivity index (χ4v) is 2.86. The van der Waals surface area contributed by atoms with Crippen molar-refractivity contribution in [3.63, 3.8) is 0 Å². The van der Waals surface area contributed by atoms with Crippen LogP contribution in [-0.2, 0) is 13.5 Å². The molecule has 0 amide bonds. The zero-order valence-corrected chi connectivity index (χ0v) is 13.5. The molecule has 0 bridgehead atoms. The van der Waals surface area contributed by atoms with Crippen LogP contribution < -0.4 is 10.5 Å². The van der Waals surface area contributed by atoms with Crippen LogP contribution in [-0.4, -0.2) is 11.1 Å². The molecule has 0 atom stereocenters. The van der Waals surface area contributed by atoms with Gasteiger partial charge in [0.25, 0.3) is 0 Å². The SMILES string of the molecule is Cc1c(Oc2cc(Cl)ccc2CCN)ccc2c1ccn2C. The molecule has 0 unspecified atom stereocenters. The Hall–Kier alpha value is -1.97. The summed E-state index contributed by atoms with van der Waals surface area (Å²) in [5.41, 5.74) is 9.06. The van der Waals surface area contributed by atoms with Gasteiger partial charge < -0.3 is 15.0 Å². The molecule has 3 nitrogen and oxygen atoms in total. The maximum atomic E-state index is 6.14. The van der Waals surface area contributed by atoms with Gasteiger partial charge in [-0.3, -0.25) is 0 Å². The van der Waals surface area contributed by atoms with Crippen LogP contribution in [0.1, 0.15) is 11.1 Å². The summed E-state index contributed by atoms with van der Waals surface area (Å²) < 4.78 is 8.24. The number of nitrogens with zero attached hydrogens (tertiary/aromatic N) is 1. The van der Waals surface area contributed by atoms with E-state index < -0.39 is 0 Å². The van der Waals surface area contributed by atoms with Crippen LogP contribution >= 0.6 is 11.6 Å². The van der Waals surface area contributed by atoms with E-state index in [1.54, 1.807) is 0 Å². The lowest BCUT2D eigenvalue weighted by Crippen LogP contribution is -2.04. The van der Waals surface area contributed by atoms with Crippen molar-refractivity contribution < 1.29 is 4.74 Å². The Bertz CT molecular complexity index is 823. The third-order valence-corrected chi connectivity index (χ3v) is 4.18. The molecule has 114 valence electrons. The molecular weight excluding hydrogens is 296 g/mol. The van der Waals surface area contributed by atoms with Crippen LogP contribution in [0.2, 0.25) is 5.02 Å². The van der Waals surface area contributed by atoms with Crippen LogP contribution in [0.15, 0.2) is 42.6 Å². The normalized spacial score (nSPS) is 11.1. The molecule has 0 aliphatic rings. The molecule has 3 aromatic rings. The fourth-order valence-electron chi connectivity index (χ4n) is 2.69. The Morgan fingerprint density at radius 3 is 2.73 bits per heavy atom. The second-order valence-corrected chi connectivity index (χ2v) is 5.88. The lowest BCUT2D eigenvalue weighted by atomic mass is 10.1. The molecular formula is C18H19ClN2O. The topological polar surface area (TPSA) is 40.2 Å². The van der Waals surface area contributed by atoms with E-state index >= 15 is 0 Å². The van der Waals surface area contributed by atoms with Crippen molar-refractivity contribution >= 4 is 22.5 Å². The summed E-state index contributed by atoms with van der Waals surface area (Å²) in [6.07, 6.45) is 2.82. The molecule has 22 heavy (non-hydrogen) atoms. The van der Waals surface area contributed by atoms with Gasteiger partial charge >= 0.3 is 0 Å². The molecule has 1 heterocycles. The third kappa shape index (κ3) is 2.70. The highest BCUT2D eigenvalue weighted by Crippen LogP contribution is 2.34. The Labute approximate surface area is 135 Å². The summed E-state index contributed by atoms with van der Waals surface area (Å²) in [4.78, 5) is 0. The summed E-state index contributed by atoms with van der Waals surface area (Å²) in [5, 5.41) is 1.86. The largest absolute Gasteiger partial charge is 0.457 e. The Morgan fingerprint density at radius 2 is 1.95 bits per heavy atom. The van der Waals surface area contributed by atoms with E-state index in [2.05, 4.69) is 29.8 Å². The number of fused-ring (bicyclic) bond motifs is 1. The number of halogens is 1. The first-order valence-electron chi connectivity index (χ1n) is 7.31. The summed E-state index contributed by atoms with van der Waals surface area (Å²) in [6, 6.07) is 11.9. The maximum Gasteiger partial charge on any atom is 0.132 e. The lowest BCUT2D eigenvalue weighted by Gasteiger charge is -2.14. The number of rotatable bonds is 4. The monoisotopic (exact) mass is 314 g/mol. The minimum Gasteiger partial charge on any atom is -0.457 e. The average molecular weight is 315 g/mol. The van der Waals surface area contributed by atoms with Gasteiger partial charge in [0.15, 0.2) is 0 Å². The lowest BCUT2D eigenvalue weighted by molar-refractivity contribution is 0.473. The van der Waals surface area contributed by atoms with Crippen LogP contribution in [0.5, 0.6) is 11.5 Å². The maximum absolute atomic E-state index is 6.14. The van der Waals surface area contributed by atoms with E-state index in [9.17, 15) is 0 Å². The van der Waals surface area contributed by atoms with Crippen molar-refractivity contribution in [2.75, 3.05) is 6.54 Å². The van der Waals surface area contributed by atoms with E-state index in [4.69, 9.17) is 22.1 Å². The number of hydrogen-bond acceptors (Lipinski definition) is 2. The van der Waals surface area contributed by atoms with E-state index in [0.29, 0.717) is 11.6 Å². The predicted molar refractivity (Wildman–Crippen MR) is 91.9 cm³/mol. The van der Waals surface area contributed by atoms with Crippen molar-refractivity contribution in [1.29, 1.82) is 0 Å². The van der Waals surface area contributed by atoms with Crippen molar-refractivity contribution in [3.05, 3.63) is 58.7 Å². The number of aryl methyl sites for hydroxylation is 2. The summed E-state index contributed by atoms with van der Waals surface area (Å²) in [7, 11) is 2.04. The molecule has 3 rings (SSSR count). The first kappa shape index (κ1) is 14.9. The third-order valence-electron chi connectivity index (χ3n) is 3.95. The van der Waals surface area contributed by atoms with Crippen LogP contribution in [0.3, 0.4) is 0 Å². The minimum absolute atomic E-state index is 0.578. The van der Waals surface area contributed by atoms with E-state index in [0.717, 1.165) is 29.0 Å². The zero-order valence-electron chi connectivity index (χ0n) is 12.8. The van der Waals surface area contributed by atoms with Crippen molar-refractivity contribution in [3.8, 4) is 11.5 Å². The van der Waals surface area contributed by atoms with Crippen molar-refractivity contribution in [2.45, 2.75) is 13.3 Å². The van der Waals surface area contributed by atoms with Gasteiger partial charge in [-0.25, -0.2) is 0 Å². The van der Waals surface area contributed by atoms with Crippen molar-refractivity contribution in [1.82, 2.24) is 4.57 Å². The Balaban J connectivity index is 2.03. The van der Waals surface area contributed by atoms with E-state index in [-0.39, 0.29) is 0 Å². The predicted octanol–water partition coefficient (Wildman–Crippen LogP) is 4.43. The van der Waals surface area contributed by atoms with E-state index in [1.807, 2.05) is 31.3 Å². The standard InChI is InChI=1S/C18H19ClN2O/c1-12-15-8-10-21(2)16(15)5-6-17(12)22-18-11-14(19)4-3-13(18)7-9-20/h3-6,8,10-11H,7,9,20H2,1-2H3. The smallest absolute Gasteiger partial charge is 0.132 e. The van der Waals surface area contributed by atoms with Gasteiger partial charge in [0.1, 0.15) is 11.5 Å². The Kier molecular flexibility index (Phi) is 4.10. The van der Waals surface area contributed by atoms with Gasteiger partial charge in [-0.15, -0.1) is 0 Å². The molecule has 0 aliphatic heterocycles. The highest BCUT2D eigenvalue weighted by atomic mass is 35.5. The molecule has 0 saturated carbocycles. The second kappa shape index (κ2) is 6.03. The zero-order chi connectivity index (χ0) is 15.7. The minimum atomic E-state index is 0.578. The Morgan fingerprint density at radius 1 is 1.14 bits per heavy atom. The number of nitrogens with two attached hydrogens (primary N) is 1. The van der Waals surface area contributed by atoms with Gasteiger partial charge in [-0.1, -0.05) is 17.7 Å². The molecule has 0 fully saturated rings. The van der Waals surface area contributed by atoms with Crippen LogP contribution in [0.4, 0.5) is 0 Å². The summed E-state index contributed by atoms with van der Waals surface area (Å²) in [6.45, 7) is 2.65. The number of hydrogen-bond donors (Lipinski definition) is 1. The average Bonchev–Trinajstić information content (AvgIpc) is 2.87. The first-order chi connectivity index (χ1) is 10.6. The van der Waals surface area contributed by atoms with Gasteiger partial charge in [0, 0.05) is 34.7 Å².